The lowest BCUT2D eigenvalue weighted by molar-refractivity contribution is -0.129. The van der Waals surface area contributed by atoms with E-state index < -0.39 is 5.91 Å². The number of methoxy groups -OCH3 is 1. The van der Waals surface area contributed by atoms with Crippen molar-refractivity contribution in [2.75, 3.05) is 7.11 Å². The van der Waals surface area contributed by atoms with Gasteiger partial charge in [0.05, 0.1) is 18.3 Å². The molecular formula is C19H18N2O3. The molecule has 1 heterocycles. The highest BCUT2D eigenvalue weighted by molar-refractivity contribution is 5.86. The number of pyridine rings is 1. The first-order chi connectivity index (χ1) is 11.7. The molecule has 0 fully saturated rings. The number of ether oxygens (including phenoxy) is 1. The van der Waals surface area contributed by atoms with Crippen LogP contribution in [0.3, 0.4) is 0 Å². The lowest BCUT2D eigenvalue weighted by Gasteiger charge is -2.10. The van der Waals surface area contributed by atoms with E-state index in [2.05, 4.69) is 0 Å². The van der Waals surface area contributed by atoms with E-state index in [0.29, 0.717) is 6.42 Å². The van der Waals surface area contributed by atoms with Crippen LogP contribution in [0.2, 0.25) is 0 Å². The van der Waals surface area contributed by atoms with Gasteiger partial charge in [0.25, 0.3) is 0 Å². The van der Waals surface area contributed by atoms with Gasteiger partial charge >= 0.3 is 0 Å². The standard InChI is InChI=1S/C19H18N2O3/c1-24-15-9-6-13(7-10-15)18-12-14(8-11-19(22)21-23)16-4-2-3-5-17(16)20-18/h2-7,9-10,12,23H,8,11H2,1H3,(H,21,22). The fourth-order valence-corrected chi connectivity index (χ4v) is 2.67. The molecule has 0 aliphatic heterocycles. The van der Waals surface area contributed by atoms with Crippen LogP contribution < -0.4 is 10.2 Å². The van der Waals surface area contributed by atoms with Crippen LogP contribution >= 0.6 is 0 Å². The summed E-state index contributed by atoms with van der Waals surface area (Å²) in [6, 6.07) is 17.5. The van der Waals surface area contributed by atoms with E-state index in [1.165, 1.54) is 0 Å². The number of hydrogen-bond acceptors (Lipinski definition) is 4. The predicted molar refractivity (Wildman–Crippen MR) is 92.0 cm³/mol. The topological polar surface area (TPSA) is 71.5 Å². The Morgan fingerprint density at radius 1 is 1.17 bits per heavy atom. The highest BCUT2D eigenvalue weighted by Gasteiger charge is 2.09. The third-order valence-electron chi connectivity index (χ3n) is 3.93. The number of rotatable bonds is 5. The number of aromatic nitrogens is 1. The summed E-state index contributed by atoms with van der Waals surface area (Å²) in [6.07, 6.45) is 0.741. The molecule has 1 amide bonds. The maximum absolute atomic E-state index is 11.4. The quantitative estimate of drug-likeness (QED) is 0.558. The van der Waals surface area contributed by atoms with Gasteiger partial charge in [0, 0.05) is 17.4 Å². The molecule has 0 unspecified atom stereocenters. The number of carbonyl (C=O) groups is 1. The van der Waals surface area contributed by atoms with Gasteiger partial charge in [-0.05, 0) is 48.4 Å². The molecule has 3 rings (SSSR count). The van der Waals surface area contributed by atoms with Crippen LogP contribution in [-0.4, -0.2) is 23.2 Å². The van der Waals surface area contributed by atoms with Gasteiger partial charge in [-0.1, -0.05) is 18.2 Å². The molecule has 2 N–H and O–H groups in total. The monoisotopic (exact) mass is 322 g/mol. The lowest BCUT2D eigenvalue weighted by atomic mass is 10.0. The summed E-state index contributed by atoms with van der Waals surface area (Å²) in [5.74, 6) is 0.390. The number of benzene rings is 2. The van der Waals surface area contributed by atoms with Crippen LogP contribution in [0.1, 0.15) is 12.0 Å². The zero-order valence-electron chi connectivity index (χ0n) is 13.3. The highest BCUT2D eigenvalue weighted by Crippen LogP contribution is 2.27. The van der Waals surface area contributed by atoms with Crippen molar-refractivity contribution in [3.63, 3.8) is 0 Å². The van der Waals surface area contributed by atoms with Crippen LogP contribution in [0, 0.1) is 0 Å². The average Bonchev–Trinajstić information content (AvgIpc) is 2.65. The van der Waals surface area contributed by atoms with Gasteiger partial charge in [-0.3, -0.25) is 10.0 Å². The fraction of sp³-hybridized carbons (Fsp3) is 0.158. The second-order valence-electron chi connectivity index (χ2n) is 5.45. The number of carbonyl (C=O) groups excluding carboxylic acids is 1. The second-order valence-corrected chi connectivity index (χ2v) is 5.45. The summed E-state index contributed by atoms with van der Waals surface area (Å²) < 4.78 is 5.19. The van der Waals surface area contributed by atoms with Crippen LogP contribution in [0.4, 0.5) is 0 Å². The third-order valence-corrected chi connectivity index (χ3v) is 3.93. The number of hydrogen-bond donors (Lipinski definition) is 2. The van der Waals surface area contributed by atoms with E-state index >= 15 is 0 Å². The second kappa shape index (κ2) is 7.10. The summed E-state index contributed by atoms with van der Waals surface area (Å²) in [6.45, 7) is 0. The fourth-order valence-electron chi connectivity index (χ4n) is 2.67. The number of hydroxylamine groups is 1. The van der Waals surface area contributed by atoms with Crippen molar-refractivity contribution >= 4 is 16.8 Å². The van der Waals surface area contributed by atoms with Crippen molar-refractivity contribution in [1.29, 1.82) is 0 Å². The Bertz CT molecular complexity index is 860. The molecule has 0 saturated carbocycles. The van der Waals surface area contributed by atoms with Gasteiger partial charge < -0.3 is 4.74 Å². The number of aryl methyl sites for hydroxylation is 1. The van der Waals surface area contributed by atoms with Crippen LogP contribution in [0.25, 0.3) is 22.2 Å². The van der Waals surface area contributed by atoms with E-state index in [4.69, 9.17) is 14.9 Å². The SMILES string of the molecule is COc1ccc(-c2cc(CCC(=O)NO)c3ccccc3n2)cc1. The average molecular weight is 322 g/mol. The molecule has 0 radical (unpaired) electrons. The van der Waals surface area contributed by atoms with Gasteiger partial charge in [-0.25, -0.2) is 10.5 Å². The molecule has 5 nitrogen and oxygen atoms in total. The molecular weight excluding hydrogens is 304 g/mol. The van der Waals surface area contributed by atoms with Crippen molar-refractivity contribution in [3.05, 3.63) is 60.2 Å². The summed E-state index contributed by atoms with van der Waals surface area (Å²) in [4.78, 5) is 16.1. The Kier molecular flexibility index (Phi) is 4.72. The molecule has 3 aromatic rings. The third kappa shape index (κ3) is 3.36. The Hall–Kier alpha value is -2.92. The van der Waals surface area contributed by atoms with Crippen LogP contribution in [0.5, 0.6) is 5.75 Å². The molecule has 0 spiro atoms. The van der Waals surface area contributed by atoms with Crippen molar-refractivity contribution in [2.24, 2.45) is 0 Å². The van der Waals surface area contributed by atoms with Crippen LogP contribution in [0.15, 0.2) is 54.6 Å². The number of nitrogens with one attached hydrogen (secondary N) is 1. The van der Waals surface area contributed by atoms with Gasteiger partial charge in [-0.2, -0.15) is 0 Å². The van der Waals surface area contributed by atoms with Crippen molar-refractivity contribution < 1.29 is 14.7 Å². The molecule has 0 saturated heterocycles. The minimum Gasteiger partial charge on any atom is -0.497 e. The highest BCUT2D eigenvalue weighted by atomic mass is 16.5. The van der Waals surface area contributed by atoms with Gasteiger partial charge in [0.15, 0.2) is 0 Å². The normalized spacial score (nSPS) is 10.6. The predicted octanol–water partition coefficient (Wildman–Crippen LogP) is 3.35. The van der Waals surface area contributed by atoms with Gasteiger partial charge in [-0.15, -0.1) is 0 Å². The maximum atomic E-state index is 11.4. The summed E-state index contributed by atoms with van der Waals surface area (Å²) in [5.41, 5.74) is 5.40. The first kappa shape index (κ1) is 16.0. The summed E-state index contributed by atoms with van der Waals surface area (Å²) in [5, 5.41) is 9.70. The number of fused-ring (bicyclic) bond motifs is 1. The summed E-state index contributed by atoms with van der Waals surface area (Å²) in [7, 11) is 1.63. The molecule has 122 valence electrons. The molecule has 2 aromatic carbocycles. The smallest absolute Gasteiger partial charge is 0.243 e. The molecule has 1 aromatic heterocycles. The Morgan fingerprint density at radius 3 is 2.62 bits per heavy atom. The molecule has 0 atom stereocenters. The van der Waals surface area contributed by atoms with E-state index in [1.807, 2.05) is 54.6 Å². The van der Waals surface area contributed by atoms with E-state index in [-0.39, 0.29) is 6.42 Å². The van der Waals surface area contributed by atoms with Gasteiger partial charge in [0.2, 0.25) is 5.91 Å². The minimum absolute atomic E-state index is 0.215. The Balaban J connectivity index is 2.03. The summed E-state index contributed by atoms with van der Waals surface area (Å²) >= 11 is 0. The first-order valence-corrected chi connectivity index (χ1v) is 7.67. The van der Waals surface area contributed by atoms with Gasteiger partial charge in [0.1, 0.15) is 5.75 Å². The minimum atomic E-state index is -0.401. The van der Waals surface area contributed by atoms with Crippen LogP contribution in [-0.2, 0) is 11.2 Å². The molecule has 5 heteroatoms. The Morgan fingerprint density at radius 2 is 1.92 bits per heavy atom. The zero-order valence-corrected chi connectivity index (χ0v) is 13.3. The van der Waals surface area contributed by atoms with Crippen molar-refractivity contribution in [2.45, 2.75) is 12.8 Å². The molecule has 0 bridgehead atoms. The number of nitrogens with zero attached hydrogens (tertiary/aromatic N) is 1. The first-order valence-electron chi connectivity index (χ1n) is 7.67. The van der Waals surface area contributed by atoms with Crippen molar-refractivity contribution in [3.8, 4) is 17.0 Å². The Labute approximate surface area is 139 Å². The van der Waals surface area contributed by atoms with E-state index in [0.717, 1.165) is 33.5 Å². The van der Waals surface area contributed by atoms with E-state index in [9.17, 15) is 4.79 Å². The molecule has 0 aliphatic rings. The number of amides is 1. The van der Waals surface area contributed by atoms with E-state index in [1.54, 1.807) is 12.6 Å². The maximum Gasteiger partial charge on any atom is 0.243 e. The number of para-hydroxylation sites is 1. The zero-order chi connectivity index (χ0) is 16.9. The largest absolute Gasteiger partial charge is 0.497 e. The van der Waals surface area contributed by atoms with Crippen molar-refractivity contribution in [1.82, 2.24) is 10.5 Å². The molecule has 24 heavy (non-hydrogen) atoms. The molecule has 0 aliphatic carbocycles. The lowest BCUT2D eigenvalue weighted by Crippen LogP contribution is -2.18.